The van der Waals surface area contributed by atoms with Crippen molar-refractivity contribution in [2.24, 2.45) is 0 Å². The fourth-order valence-electron chi connectivity index (χ4n) is 1.50. The molecule has 2 rings (SSSR count). The third kappa shape index (κ3) is 3.96. The summed E-state index contributed by atoms with van der Waals surface area (Å²) < 4.78 is 4.66. The summed E-state index contributed by atoms with van der Waals surface area (Å²) in [5.41, 5.74) is 1.08. The first-order valence-electron chi connectivity index (χ1n) is 6.09. The number of thioether (sulfide) groups is 1. The highest BCUT2D eigenvalue weighted by atomic mass is 32.2. The third-order valence-corrected chi connectivity index (χ3v) is 3.47. The Morgan fingerprint density at radius 1 is 1.35 bits per heavy atom. The molecule has 0 saturated heterocycles. The van der Waals surface area contributed by atoms with E-state index in [1.807, 2.05) is 42.5 Å². The van der Waals surface area contributed by atoms with E-state index < -0.39 is 0 Å². The number of carbonyl (C=O) groups excluding carboxylic acids is 1. The van der Waals surface area contributed by atoms with E-state index in [2.05, 4.69) is 19.9 Å². The lowest BCUT2D eigenvalue weighted by molar-refractivity contribution is -0.139. The van der Waals surface area contributed by atoms with Crippen LogP contribution in [0.15, 0.2) is 35.5 Å². The van der Waals surface area contributed by atoms with Gasteiger partial charge < -0.3 is 4.74 Å². The van der Waals surface area contributed by atoms with Crippen molar-refractivity contribution in [2.45, 2.75) is 17.3 Å². The molecule has 1 aromatic heterocycles. The van der Waals surface area contributed by atoms with Crippen LogP contribution in [-0.2, 0) is 9.53 Å². The third-order valence-electron chi connectivity index (χ3n) is 2.53. The van der Waals surface area contributed by atoms with Gasteiger partial charge in [-0.1, -0.05) is 48.2 Å². The molecule has 0 aliphatic carbocycles. The summed E-state index contributed by atoms with van der Waals surface area (Å²) in [5, 5.41) is 7.06. The summed E-state index contributed by atoms with van der Waals surface area (Å²) in [6, 6.07) is 9.91. The predicted molar refractivity (Wildman–Crippen MR) is 79.1 cm³/mol. The van der Waals surface area contributed by atoms with Gasteiger partial charge in [0.25, 0.3) is 0 Å². The molecule has 0 fully saturated rings. The number of esters is 1. The second-order valence-electron chi connectivity index (χ2n) is 4.03. The Balaban J connectivity index is 1.99. The van der Waals surface area contributed by atoms with E-state index in [0.717, 1.165) is 5.56 Å². The molecule has 0 spiro atoms. The minimum absolute atomic E-state index is 0.291. The fourth-order valence-corrected chi connectivity index (χ4v) is 2.25. The van der Waals surface area contributed by atoms with Crippen LogP contribution < -0.4 is 0 Å². The van der Waals surface area contributed by atoms with Gasteiger partial charge in [0.1, 0.15) is 11.1 Å². The molecule has 0 saturated carbocycles. The van der Waals surface area contributed by atoms with Crippen LogP contribution >= 0.6 is 11.8 Å². The quantitative estimate of drug-likeness (QED) is 0.677. The van der Waals surface area contributed by atoms with Gasteiger partial charge in [-0.05, 0) is 18.6 Å². The topological polar surface area (TPSA) is 67.9 Å². The van der Waals surface area contributed by atoms with E-state index in [1.54, 1.807) is 6.92 Å². The second kappa shape index (κ2) is 6.91. The van der Waals surface area contributed by atoms with Gasteiger partial charge >= 0.3 is 5.97 Å². The average Bonchev–Trinajstić information content (AvgIpc) is 2.92. The van der Waals surface area contributed by atoms with Crippen molar-refractivity contribution < 1.29 is 9.53 Å². The Morgan fingerprint density at radius 3 is 2.80 bits per heavy atom. The van der Waals surface area contributed by atoms with Gasteiger partial charge in [0.05, 0.1) is 7.11 Å². The van der Waals surface area contributed by atoms with Crippen LogP contribution in [0.2, 0.25) is 0 Å². The molecule has 0 radical (unpaired) electrons. The molecule has 20 heavy (non-hydrogen) atoms. The first-order chi connectivity index (χ1) is 9.69. The lowest BCUT2D eigenvalue weighted by Gasteiger charge is -2.04. The standard InChI is InChI=1S/C14H15N3O2S/c1-10(13(18)19-2)20-14-15-12(16-17-14)9-8-11-6-4-3-5-7-11/h3-10H,1-2H3,(H,15,16,17). The van der Waals surface area contributed by atoms with Gasteiger partial charge in [-0.2, -0.15) is 0 Å². The SMILES string of the molecule is COC(=O)C(C)Sc1n[nH]c(C=Cc2ccccc2)n1. The Morgan fingerprint density at radius 2 is 2.10 bits per heavy atom. The first-order valence-corrected chi connectivity index (χ1v) is 6.97. The largest absolute Gasteiger partial charge is 0.468 e. The number of aromatic nitrogens is 3. The molecule has 6 heteroatoms. The van der Waals surface area contributed by atoms with Crippen LogP contribution in [0.25, 0.3) is 12.2 Å². The average molecular weight is 289 g/mol. The van der Waals surface area contributed by atoms with Crippen LogP contribution in [0.4, 0.5) is 0 Å². The summed E-state index contributed by atoms with van der Waals surface area (Å²) in [6.45, 7) is 1.76. The van der Waals surface area contributed by atoms with Gasteiger partial charge in [-0.3, -0.25) is 9.89 Å². The zero-order chi connectivity index (χ0) is 14.4. The number of nitrogens with zero attached hydrogens (tertiary/aromatic N) is 2. The Bertz CT molecular complexity index is 595. The molecule has 1 heterocycles. The van der Waals surface area contributed by atoms with E-state index >= 15 is 0 Å². The minimum Gasteiger partial charge on any atom is -0.468 e. The molecule has 1 aromatic carbocycles. The molecular formula is C14H15N3O2S. The van der Waals surface area contributed by atoms with Crippen LogP contribution in [0.3, 0.4) is 0 Å². The normalized spacial score (nSPS) is 12.5. The van der Waals surface area contributed by atoms with Gasteiger partial charge in [0.15, 0.2) is 0 Å². The number of rotatable bonds is 5. The molecule has 104 valence electrons. The van der Waals surface area contributed by atoms with Crippen LogP contribution in [0.5, 0.6) is 0 Å². The van der Waals surface area contributed by atoms with Crippen LogP contribution in [-0.4, -0.2) is 33.5 Å². The van der Waals surface area contributed by atoms with Crippen molar-refractivity contribution in [3.63, 3.8) is 0 Å². The fraction of sp³-hybridized carbons (Fsp3) is 0.214. The lowest BCUT2D eigenvalue weighted by Crippen LogP contribution is -2.14. The summed E-state index contributed by atoms with van der Waals surface area (Å²) in [4.78, 5) is 15.6. The first kappa shape index (κ1) is 14.3. The van der Waals surface area contributed by atoms with Gasteiger partial charge in [-0.25, -0.2) is 4.98 Å². The maximum atomic E-state index is 11.3. The second-order valence-corrected chi connectivity index (χ2v) is 5.34. The molecular weight excluding hydrogens is 274 g/mol. The summed E-state index contributed by atoms with van der Waals surface area (Å²) >= 11 is 1.26. The summed E-state index contributed by atoms with van der Waals surface area (Å²) in [6.07, 6.45) is 3.79. The van der Waals surface area contributed by atoms with Crippen molar-refractivity contribution >= 4 is 29.9 Å². The zero-order valence-corrected chi connectivity index (χ0v) is 12.1. The van der Waals surface area contributed by atoms with Crippen LogP contribution in [0.1, 0.15) is 18.3 Å². The molecule has 0 aliphatic heterocycles. The number of nitrogens with one attached hydrogen (secondary N) is 1. The highest BCUT2D eigenvalue weighted by molar-refractivity contribution is 8.00. The molecule has 0 aliphatic rings. The lowest BCUT2D eigenvalue weighted by atomic mass is 10.2. The van der Waals surface area contributed by atoms with Crippen molar-refractivity contribution in [2.75, 3.05) is 7.11 Å². The van der Waals surface area contributed by atoms with Crippen molar-refractivity contribution in [1.82, 2.24) is 15.2 Å². The van der Waals surface area contributed by atoms with E-state index in [-0.39, 0.29) is 11.2 Å². The molecule has 0 amide bonds. The van der Waals surface area contributed by atoms with E-state index in [0.29, 0.717) is 11.0 Å². The number of aromatic amines is 1. The van der Waals surface area contributed by atoms with Crippen molar-refractivity contribution in [3.8, 4) is 0 Å². The molecule has 1 unspecified atom stereocenters. The number of H-pyrrole nitrogens is 1. The Hall–Kier alpha value is -2.08. The van der Waals surface area contributed by atoms with Gasteiger partial charge in [0, 0.05) is 0 Å². The minimum atomic E-state index is -0.332. The molecule has 5 nitrogen and oxygen atoms in total. The van der Waals surface area contributed by atoms with Crippen molar-refractivity contribution in [1.29, 1.82) is 0 Å². The number of methoxy groups -OCH3 is 1. The highest BCUT2D eigenvalue weighted by Crippen LogP contribution is 2.20. The van der Waals surface area contributed by atoms with E-state index in [9.17, 15) is 4.79 Å². The van der Waals surface area contributed by atoms with E-state index in [1.165, 1.54) is 18.9 Å². The summed E-state index contributed by atoms with van der Waals surface area (Å²) in [5.74, 6) is 0.356. The number of hydrogen-bond donors (Lipinski definition) is 1. The maximum Gasteiger partial charge on any atom is 0.318 e. The predicted octanol–water partition coefficient (Wildman–Crippen LogP) is 2.63. The van der Waals surface area contributed by atoms with Crippen molar-refractivity contribution in [3.05, 3.63) is 41.7 Å². The Kier molecular flexibility index (Phi) is 4.95. The molecule has 1 N–H and O–H groups in total. The van der Waals surface area contributed by atoms with Gasteiger partial charge in [0.2, 0.25) is 5.16 Å². The highest BCUT2D eigenvalue weighted by Gasteiger charge is 2.16. The number of benzene rings is 1. The summed E-state index contributed by atoms with van der Waals surface area (Å²) in [7, 11) is 1.37. The zero-order valence-electron chi connectivity index (χ0n) is 11.2. The number of ether oxygens (including phenoxy) is 1. The maximum absolute atomic E-state index is 11.3. The molecule has 2 aromatic rings. The molecule has 1 atom stereocenters. The van der Waals surface area contributed by atoms with E-state index in [4.69, 9.17) is 0 Å². The number of carbonyl (C=O) groups is 1. The monoisotopic (exact) mass is 289 g/mol. The number of hydrogen-bond acceptors (Lipinski definition) is 5. The van der Waals surface area contributed by atoms with Crippen LogP contribution in [0, 0.1) is 0 Å². The Labute approximate surface area is 121 Å². The van der Waals surface area contributed by atoms with Gasteiger partial charge in [-0.15, -0.1) is 5.10 Å². The molecule has 0 bridgehead atoms. The smallest absolute Gasteiger partial charge is 0.318 e.